The van der Waals surface area contributed by atoms with E-state index in [1.54, 1.807) is 0 Å². The van der Waals surface area contributed by atoms with E-state index in [4.69, 9.17) is 15.6 Å². The lowest BCUT2D eigenvalue weighted by atomic mass is 9.89. The Morgan fingerprint density at radius 1 is 1.75 bits per heavy atom. The maximum atomic E-state index is 10.4. The molecule has 0 aromatic heterocycles. The van der Waals surface area contributed by atoms with E-state index in [9.17, 15) is 4.79 Å². The summed E-state index contributed by atoms with van der Waals surface area (Å²) in [5.41, 5.74) is 5.48. The Morgan fingerprint density at radius 2 is 2.50 bits per heavy atom. The molecule has 0 aliphatic carbocycles. The van der Waals surface area contributed by atoms with Crippen LogP contribution in [0.15, 0.2) is 0 Å². The fourth-order valence-corrected chi connectivity index (χ4v) is 1.59. The molecule has 0 spiro atoms. The van der Waals surface area contributed by atoms with Gasteiger partial charge in [0.1, 0.15) is 0 Å². The van der Waals surface area contributed by atoms with Crippen LogP contribution in [-0.2, 0) is 9.53 Å². The Morgan fingerprint density at radius 3 is 2.92 bits per heavy atom. The molecule has 4 nitrogen and oxygen atoms in total. The lowest BCUT2D eigenvalue weighted by Crippen LogP contribution is -2.26. The molecule has 4 heteroatoms. The molecule has 0 aromatic rings. The summed E-state index contributed by atoms with van der Waals surface area (Å²) in [5.74, 6) is -0.326. The highest BCUT2D eigenvalue weighted by atomic mass is 16.5. The lowest BCUT2D eigenvalue weighted by molar-refractivity contribution is -0.138. The van der Waals surface area contributed by atoms with E-state index in [0.717, 1.165) is 13.0 Å². The van der Waals surface area contributed by atoms with E-state index in [1.807, 2.05) is 0 Å². The summed E-state index contributed by atoms with van der Waals surface area (Å²) in [6, 6.07) is 0. The van der Waals surface area contributed by atoms with Gasteiger partial charge in [0.25, 0.3) is 0 Å². The molecule has 2 unspecified atom stereocenters. The summed E-state index contributed by atoms with van der Waals surface area (Å²) in [5, 5.41) is 8.58. The van der Waals surface area contributed by atoms with Crippen molar-refractivity contribution in [2.24, 2.45) is 17.6 Å². The van der Waals surface area contributed by atoms with Crippen LogP contribution in [0.1, 0.15) is 12.8 Å². The Kier molecular flexibility index (Phi) is 3.49. The van der Waals surface area contributed by atoms with Gasteiger partial charge in [-0.25, -0.2) is 0 Å². The van der Waals surface area contributed by atoms with E-state index in [0.29, 0.717) is 19.1 Å². The van der Waals surface area contributed by atoms with Gasteiger partial charge in [0.2, 0.25) is 0 Å². The van der Waals surface area contributed by atoms with Crippen molar-refractivity contribution in [1.29, 1.82) is 0 Å². The summed E-state index contributed by atoms with van der Waals surface area (Å²) in [6.07, 6.45) is 1.12. The van der Waals surface area contributed by atoms with Crippen LogP contribution < -0.4 is 5.73 Å². The van der Waals surface area contributed by atoms with E-state index >= 15 is 0 Å². The molecule has 70 valence electrons. The lowest BCUT2D eigenvalue weighted by Gasteiger charge is -2.17. The van der Waals surface area contributed by atoms with Crippen LogP contribution in [0.25, 0.3) is 0 Å². The molecule has 1 rings (SSSR count). The molecule has 1 fully saturated rings. The Balaban J connectivity index is 2.37. The number of carboxylic acids is 1. The second kappa shape index (κ2) is 4.42. The molecular formula is C8H15NO3. The van der Waals surface area contributed by atoms with Crippen molar-refractivity contribution in [2.45, 2.75) is 12.8 Å². The molecule has 2 atom stereocenters. The predicted octanol–water partition coefficient (Wildman–Crippen LogP) is 0.0725. The molecular weight excluding hydrogens is 158 g/mol. The molecule has 12 heavy (non-hydrogen) atoms. The van der Waals surface area contributed by atoms with Gasteiger partial charge in [-0.1, -0.05) is 0 Å². The number of ether oxygens (including phenoxy) is 1. The van der Waals surface area contributed by atoms with Crippen LogP contribution in [0.3, 0.4) is 0 Å². The highest BCUT2D eigenvalue weighted by Crippen LogP contribution is 2.23. The van der Waals surface area contributed by atoms with E-state index in [2.05, 4.69) is 0 Å². The van der Waals surface area contributed by atoms with Crippen molar-refractivity contribution in [1.82, 2.24) is 0 Å². The average molecular weight is 173 g/mol. The van der Waals surface area contributed by atoms with Crippen molar-refractivity contribution in [3.05, 3.63) is 0 Å². The normalized spacial score (nSPS) is 25.6. The maximum absolute atomic E-state index is 10.4. The van der Waals surface area contributed by atoms with Crippen molar-refractivity contribution in [3.63, 3.8) is 0 Å². The molecule has 1 saturated heterocycles. The van der Waals surface area contributed by atoms with Crippen LogP contribution in [0.2, 0.25) is 0 Å². The highest BCUT2D eigenvalue weighted by molar-refractivity contribution is 5.67. The van der Waals surface area contributed by atoms with Gasteiger partial charge in [0, 0.05) is 19.6 Å². The maximum Gasteiger partial charge on any atom is 0.303 e. The predicted molar refractivity (Wildman–Crippen MR) is 43.7 cm³/mol. The van der Waals surface area contributed by atoms with E-state index in [-0.39, 0.29) is 12.3 Å². The molecule has 0 amide bonds. The van der Waals surface area contributed by atoms with Crippen LogP contribution in [0, 0.1) is 11.8 Å². The van der Waals surface area contributed by atoms with Gasteiger partial charge >= 0.3 is 5.97 Å². The minimum atomic E-state index is -0.766. The molecule has 0 aromatic carbocycles. The Labute approximate surface area is 71.7 Å². The molecule has 1 heterocycles. The number of carbonyl (C=O) groups is 1. The van der Waals surface area contributed by atoms with Crippen molar-refractivity contribution >= 4 is 5.97 Å². The number of hydrogen-bond acceptors (Lipinski definition) is 3. The fraction of sp³-hybridized carbons (Fsp3) is 0.875. The largest absolute Gasteiger partial charge is 0.481 e. The summed E-state index contributed by atoms with van der Waals surface area (Å²) >= 11 is 0. The summed E-state index contributed by atoms with van der Waals surface area (Å²) < 4.78 is 5.17. The standard InChI is InChI=1S/C8H15NO3/c9-4-7(3-8(10)11)6-1-2-12-5-6/h6-7H,1-5,9H2,(H,10,11). The number of nitrogens with two attached hydrogens (primary N) is 1. The molecule has 1 aliphatic rings. The van der Waals surface area contributed by atoms with Gasteiger partial charge < -0.3 is 15.6 Å². The quantitative estimate of drug-likeness (QED) is 0.631. The number of aliphatic carboxylic acids is 1. The molecule has 0 saturated carbocycles. The third kappa shape index (κ3) is 2.46. The van der Waals surface area contributed by atoms with Gasteiger partial charge in [-0.2, -0.15) is 0 Å². The molecule has 3 N–H and O–H groups in total. The van der Waals surface area contributed by atoms with Gasteiger partial charge in [-0.05, 0) is 24.8 Å². The van der Waals surface area contributed by atoms with Crippen LogP contribution in [-0.4, -0.2) is 30.8 Å². The highest BCUT2D eigenvalue weighted by Gasteiger charge is 2.26. The third-order valence-electron chi connectivity index (χ3n) is 2.37. The summed E-state index contributed by atoms with van der Waals surface area (Å²) in [4.78, 5) is 10.4. The second-order valence-electron chi connectivity index (χ2n) is 3.22. The smallest absolute Gasteiger partial charge is 0.303 e. The number of rotatable bonds is 4. The van der Waals surface area contributed by atoms with Gasteiger partial charge in [0.05, 0.1) is 0 Å². The Hall–Kier alpha value is -0.610. The average Bonchev–Trinajstić information content (AvgIpc) is 2.51. The topological polar surface area (TPSA) is 72.6 Å². The van der Waals surface area contributed by atoms with Crippen molar-refractivity contribution in [2.75, 3.05) is 19.8 Å². The second-order valence-corrected chi connectivity index (χ2v) is 3.22. The van der Waals surface area contributed by atoms with Crippen molar-refractivity contribution < 1.29 is 14.6 Å². The van der Waals surface area contributed by atoms with Gasteiger partial charge in [0.15, 0.2) is 0 Å². The summed E-state index contributed by atoms with van der Waals surface area (Å²) in [6.45, 7) is 1.87. The zero-order valence-corrected chi connectivity index (χ0v) is 7.03. The molecule has 0 radical (unpaired) electrons. The first kappa shape index (κ1) is 9.48. The molecule has 1 aliphatic heterocycles. The SMILES string of the molecule is NCC(CC(=O)O)C1CCOC1. The first-order chi connectivity index (χ1) is 5.74. The fourth-order valence-electron chi connectivity index (χ4n) is 1.59. The zero-order valence-electron chi connectivity index (χ0n) is 7.03. The summed E-state index contributed by atoms with van der Waals surface area (Å²) in [7, 11) is 0. The van der Waals surface area contributed by atoms with E-state index < -0.39 is 5.97 Å². The van der Waals surface area contributed by atoms with Gasteiger partial charge in [-0.3, -0.25) is 4.79 Å². The Bertz CT molecular complexity index is 154. The van der Waals surface area contributed by atoms with Crippen molar-refractivity contribution in [3.8, 4) is 0 Å². The van der Waals surface area contributed by atoms with Crippen LogP contribution in [0.5, 0.6) is 0 Å². The minimum absolute atomic E-state index is 0.0880. The molecule has 0 bridgehead atoms. The monoisotopic (exact) mass is 173 g/mol. The first-order valence-corrected chi connectivity index (χ1v) is 4.23. The van der Waals surface area contributed by atoms with Gasteiger partial charge in [-0.15, -0.1) is 0 Å². The van der Waals surface area contributed by atoms with Crippen LogP contribution >= 0.6 is 0 Å². The van der Waals surface area contributed by atoms with Crippen LogP contribution in [0.4, 0.5) is 0 Å². The number of hydrogen-bond donors (Lipinski definition) is 2. The number of carboxylic acid groups (broad SMARTS) is 1. The third-order valence-corrected chi connectivity index (χ3v) is 2.37. The minimum Gasteiger partial charge on any atom is -0.481 e. The zero-order chi connectivity index (χ0) is 8.97. The first-order valence-electron chi connectivity index (χ1n) is 4.23. The van der Waals surface area contributed by atoms with E-state index in [1.165, 1.54) is 0 Å².